The molecule has 4 rings (SSSR count). The molecule has 162 valence electrons. The van der Waals surface area contributed by atoms with Gasteiger partial charge in [0.25, 0.3) is 0 Å². The minimum absolute atomic E-state index is 0.145. The summed E-state index contributed by atoms with van der Waals surface area (Å²) in [6, 6.07) is 28.2. The first-order valence-electron chi connectivity index (χ1n) is 11.2. The zero-order valence-electron chi connectivity index (χ0n) is 18.9. The van der Waals surface area contributed by atoms with Crippen molar-refractivity contribution >= 4 is 0 Å². The Labute approximate surface area is 186 Å². The molecule has 0 spiro atoms. The van der Waals surface area contributed by atoms with Crippen LogP contribution in [0.15, 0.2) is 78.9 Å². The topological polar surface area (TPSA) is 21.7 Å². The first kappa shape index (κ1) is 21.8. The van der Waals surface area contributed by atoms with E-state index in [1.807, 2.05) is 0 Å². The third kappa shape index (κ3) is 4.74. The smallest absolute Gasteiger partial charge is 0.134 e. The second-order valence-corrected chi connectivity index (χ2v) is 8.58. The minimum atomic E-state index is -0.586. The van der Waals surface area contributed by atoms with Gasteiger partial charge in [0, 0.05) is 19.1 Å². The first-order chi connectivity index (χ1) is 15.1. The third-order valence-corrected chi connectivity index (χ3v) is 6.33. The lowest BCUT2D eigenvalue weighted by atomic mass is 9.79. The predicted molar refractivity (Wildman–Crippen MR) is 126 cm³/mol. The van der Waals surface area contributed by atoms with Gasteiger partial charge in [0.05, 0.1) is 19.8 Å². The first-order valence-corrected chi connectivity index (χ1v) is 11.2. The van der Waals surface area contributed by atoms with Crippen LogP contribution in [0.4, 0.5) is 0 Å². The van der Waals surface area contributed by atoms with E-state index >= 15 is 0 Å². The summed E-state index contributed by atoms with van der Waals surface area (Å²) in [6.45, 7) is 10.5. The lowest BCUT2D eigenvalue weighted by Crippen LogP contribution is -2.54. The zero-order chi connectivity index (χ0) is 21.7. The summed E-state index contributed by atoms with van der Waals surface area (Å²) in [5.74, 6) is 0. The van der Waals surface area contributed by atoms with Crippen molar-refractivity contribution in [2.75, 3.05) is 26.3 Å². The van der Waals surface area contributed by atoms with Gasteiger partial charge < -0.3 is 9.47 Å². The molecule has 1 aliphatic heterocycles. The van der Waals surface area contributed by atoms with Crippen LogP contribution in [0.5, 0.6) is 0 Å². The van der Waals surface area contributed by atoms with Gasteiger partial charge in [-0.2, -0.15) is 0 Å². The van der Waals surface area contributed by atoms with Crippen molar-refractivity contribution in [3.63, 3.8) is 0 Å². The molecule has 3 aromatic rings. The molecule has 0 amide bonds. The highest BCUT2D eigenvalue weighted by molar-refractivity contribution is 5.39. The molecule has 0 N–H and O–H groups in total. The summed E-state index contributed by atoms with van der Waals surface area (Å²) in [7, 11) is 0. The van der Waals surface area contributed by atoms with E-state index in [0.29, 0.717) is 6.61 Å². The summed E-state index contributed by atoms with van der Waals surface area (Å²) in [6.07, 6.45) is 0. The van der Waals surface area contributed by atoms with E-state index in [1.165, 1.54) is 27.8 Å². The van der Waals surface area contributed by atoms with Crippen molar-refractivity contribution in [1.29, 1.82) is 0 Å². The molecular formula is C28H33NO2. The van der Waals surface area contributed by atoms with E-state index in [4.69, 9.17) is 9.47 Å². The molecule has 0 aromatic heterocycles. The fraction of sp³-hybridized carbons (Fsp3) is 0.357. The Kier molecular flexibility index (Phi) is 6.86. The van der Waals surface area contributed by atoms with E-state index in [-0.39, 0.29) is 6.04 Å². The lowest BCUT2D eigenvalue weighted by Gasteiger charge is -2.46. The molecule has 1 fully saturated rings. The van der Waals surface area contributed by atoms with Gasteiger partial charge in [-0.25, -0.2) is 0 Å². The maximum Gasteiger partial charge on any atom is 0.134 e. The fourth-order valence-corrected chi connectivity index (χ4v) is 4.88. The lowest BCUT2D eigenvalue weighted by molar-refractivity contribution is -0.102. The van der Waals surface area contributed by atoms with E-state index in [0.717, 1.165) is 26.3 Å². The molecule has 1 unspecified atom stereocenters. The molecule has 3 nitrogen and oxygen atoms in total. The Morgan fingerprint density at radius 2 is 1.35 bits per heavy atom. The Morgan fingerprint density at radius 1 is 0.839 bits per heavy atom. The number of aryl methyl sites for hydroxylation is 2. The molecule has 3 aromatic carbocycles. The van der Waals surface area contributed by atoms with Crippen LogP contribution in [0.1, 0.15) is 34.7 Å². The van der Waals surface area contributed by atoms with Crippen LogP contribution < -0.4 is 0 Å². The zero-order valence-corrected chi connectivity index (χ0v) is 18.9. The van der Waals surface area contributed by atoms with Gasteiger partial charge in [0.15, 0.2) is 0 Å². The maximum absolute atomic E-state index is 7.03. The van der Waals surface area contributed by atoms with Gasteiger partial charge in [-0.1, -0.05) is 90.0 Å². The monoisotopic (exact) mass is 415 g/mol. The molecule has 1 heterocycles. The van der Waals surface area contributed by atoms with Gasteiger partial charge in [-0.15, -0.1) is 0 Å². The summed E-state index contributed by atoms with van der Waals surface area (Å²) in [5.41, 5.74) is 5.53. The Balaban J connectivity index is 1.80. The molecule has 3 heteroatoms. The number of rotatable bonds is 7. The van der Waals surface area contributed by atoms with Crippen LogP contribution in [-0.4, -0.2) is 37.2 Å². The molecule has 1 saturated heterocycles. The SMILES string of the molecule is Cc1cc(C)cc(COC(c2ccccc2)(c2ccccc2)C(C)N2CCOCC2)c1. The molecule has 0 radical (unpaired) electrons. The molecule has 0 bridgehead atoms. The van der Waals surface area contributed by atoms with Crippen LogP contribution in [0, 0.1) is 13.8 Å². The number of ether oxygens (including phenoxy) is 2. The predicted octanol–water partition coefficient (Wildman–Crippen LogP) is 5.48. The number of hydrogen-bond donors (Lipinski definition) is 0. The van der Waals surface area contributed by atoms with Crippen LogP contribution in [0.25, 0.3) is 0 Å². The summed E-state index contributed by atoms with van der Waals surface area (Å²) in [4.78, 5) is 2.50. The van der Waals surface area contributed by atoms with E-state index < -0.39 is 5.60 Å². The highest BCUT2D eigenvalue weighted by Gasteiger charge is 2.44. The van der Waals surface area contributed by atoms with Gasteiger partial charge in [-0.3, -0.25) is 4.90 Å². The summed E-state index contributed by atoms with van der Waals surface area (Å²) >= 11 is 0. The van der Waals surface area contributed by atoms with E-state index in [1.54, 1.807) is 0 Å². The van der Waals surface area contributed by atoms with Crippen molar-refractivity contribution in [3.05, 3.63) is 107 Å². The van der Waals surface area contributed by atoms with E-state index in [9.17, 15) is 0 Å². The Morgan fingerprint density at radius 3 is 1.87 bits per heavy atom. The standard InChI is InChI=1S/C28H33NO2/c1-22-18-23(2)20-25(19-22)21-31-28(26-10-6-4-7-11-26,27-12-8-5-9-13-27)24(3)29-14-16-30-17-15-29/h4-13,18-20,24H,14-17,21H2,1-3H3. The molecule has 0 aliphatic carbocycles. The fourth-order valence-electron chi connectivity index (χ4n) is 4.88. The number of nitrogens with zero attached hydrogens (tertiary/aromatic N) is 1. The van der Waals surface area contributed by atoms with Crippen molar-refractivity contribution in [2.24, 2.45) is 0 Å². The van der Waals surface area contributed by atoms with Crippen molar-refractivity contribution < 1.29 is 9.47 Å². The third-order valence-electron chi connectivity index (χ3n) is 6.33. The quantitative estimate of drug-likeness (QED) is 0.510. The molecule has 0 saturated carbocycles. The van der Waals surface area contributed by atoms with Gasteiger partial charge >= 0.3 is 0 Å². The maximum atomic E-state index is 7.03. The van der Waals surface area contributed by atoms with Crippen molar-refractivity contribution in [3.8, 4) is 0 Å². The van der Waals surface area contributed by atoms with Crippen molar-refractivity contribution in [1.82, 2.24) is 4.90 Å². The molecule has 1 atom stereocenters. The average molecular weight is 416 g/mol. The Hall–Kier alpha value is -2.46. The van der Waals surface area contributed by atoms with Gasteiger partial charge in [0.1, 0.15) is 5.60 Å². The van der Waals surface area contributed by atoms with Crippen molar-refractivity contribution in [2.45, 2.75) is 39.0 Å². The molecule has 1 aliphatic rings. The Bertz CT molecular complexity index is 905. The highest BCUT2D eigenvalue weighted by atomic mass is 16.5. The van der Waals surface area contributed by atoms with Gasteiger partial charge in [-0.05, 0) is 37.5 Å². The molecular weight excluding hydrogens is 382 g/mol. The average Bonchev–Trinajstić information content (AvgIpc) is 2.81. The normalized spacial score (nSPS) is 16.2. The number of benzene rings is 3. The minimum Gasteiger partial charge on any atom is -0.379 e. The van der Waals surface area contributed by atoms with Crippen LogP contribution >= 0.6 is 0 Å². The van der Waals surface area contributed by atoms with Crippen LogP contribution in [0.2, 0.25) is 0 Å². The number of morpholine rings is 1. The summed E-state index contributed by atoms with van der Waals surface area (Å²) in [5, 5.41) is 0. The van der Waals surface area contributed by atoms with Crippen LogP contribution in [0.3, 0.4) is 0 Å². The molecule has 31 heavy (non-hydrogen) atoms. The number of hydrogen-bond acceptors (Lipinski definition) is 3. The summed E-state index contributed by atoms with van der Waals surface area (Å²) < 4.78 is 12.7. The second kappa shape index (κ2) is 9.78. The second-order valence-electron chi connectivity index (χ2n) is 8.58. The van der Waals surface area contributed by atoms with E-state index in [2.05, 4.69) is 105 Å². The largest absolute Gasteiger partial charge is 0.379 e. The van der Waals surface area contributed by atoms with Crippen LogP contribution in [-0.2, 0) is 21.7 Å². The van der Waals surface area contributed by atoms with Gasteiger partial charge in [0.2, 0.25) is 0 Å². The highest BCUT2D eigenvalue weighted by Crippen LogP contribution is 2.40.